The largest absolute Gasteiger partial charge is 0.462 e. The van der Waals surface area contributed by atoms with Crippen LogP contribution < -0.4 is 0 Å². The number of unbranched alkanes of at least 4 members (excludes halogenated alkanes) is 27. The number of ether oxygens (including phenoxy) is 3. The van der Waals surface area contributed by atoms with Crippen LogP contribution in [0.5, 0.6) is 0 Å². The van der Waals surface area contributed by atoms with E-state index < -0.39 is 6.10 Å². The van der Waals surface area contributed by atoms with E-state index in [-0.39, 0.29) is 31.1 Å². The number of carbonyl (C=O) groups is 3. The summed E-state index contributed by atoms with van der Waals surface area (Å²) in [6.07, 6.45) is 56.7. The van der Waals surface area contributed by atoms with E-state index in [1.54, 1.807) is 0 Å². The highest BCUT2D eigenvalue weighted by atomic mass is 16.6. The quantitative estimate of drug-likeness (QED) is 0.0200. The predicted octanol–water partition coefficient (Wildman–Crippen LogP) is 16.3. The minimum absolute atomic E-state index is 0.0813. The molecule has 0 saturated carbocycles. The molecule has 1 atom stereocenters. The van der Waals surface area contributed by atoms with E-state index >= 15 is 0 Å². The van der Waals surface area contributed by atoms with E-state index in [0.29, 0.717) is 19.3 Å². The molecule has 0 aromatic heterocycles. The van der Waals surface area contributed by atoms with Gasteiger partial charge in [0.25, 0.3) is 0 Å². The molecule has 0 N–H and O–H groups in total. The third kappa shape index (κ3) is 46.3. The Morgan fingerprint density at radius 2 is 0.627 bits per heavy atom. The number of hydrogen-bond donors (Lipinski definition) is 0. The number of carbonyl (C=O) groups excluding carboxylic acids is 3. The summed E-state index contributed by atoms with van der Waals surface area (Å²) in [5.74, 6) is -0.905. The van der Waals surface area contributed by atoms with Gasteiger partial charge in [0.15, 0.2) is 6.10 Å². The van der Waals surface area contributed by atoms with Gasteiger partial charge < -0.3 is 14.2 Å². The first kappa shape index (κ1) is 56.4. The summed E-state index contributed by atoms with van der Waals surface area (Å²) in [6, 6.07) is 0. The second-order valence-corrected chi connectivity index (χ2v) is 16.7. The van der Waals surface area contributed by atoms with Crippen molar-refractivity contribution in [2.75, 3.05) is 13.2 Å². The van der Waals surface area contributed by atoms with Gasteiger partial charge in [-0.3, -0.25) is 14.4 Å². The minimum atomic E-state index is -0.780. The second kappa shape index (κ2) is 48.0. The fourth-order valence-electron chi connectivity index (χ4n) is 6.94. The molecule has 0 aromatic rings. The Morgan fingerprint density at radius 1 is 0.339 bits per heavy atom. The van der Waals surface area contributed by atoms with Crippen LogP contribution in [0.15, 0.2) is 48.6 Å². The molecule has 0 aliphatic rings. The molecule has 0 aromatic carbocycles. The number of allylic oxidation sites excluding steroid dienone is 8. The molecular weight excluding hydrogens is 733 g/mol. The molecule has 6 nitrogen and oxygen atoms in total. The molecule has 0 fully saturated rings. The Kier molecular flexibility index (Phi) is 45.9. The standard InChI is InChI=1S/C53H94O6/c1-4-7-10-13-16-19-22-24-25-26-27-28-29-30-32-34-37-40-43-46-52(55)58-49-50(48-57-51(54)45-42-39-36-33-21-18-15-12-9-6-3)59-53(56)47-44-41-38-35-31-23-20-17-14-11-8-5-2/h15-20,22,24,50H,4-14,21,23,25-49H2,1-3H3/b18-15-,19-16-,20-17-,24-22-. The van der Waals surface area contributed by atoms with E-state index in [1.807, 2.05) is 0 Å². The molecule has 0 saturated heterocycles. The van der Waals surface area contributed by atoms with Crippen LogP contribution in [-0.4, -0.2) is 37.2 Å². The maximum atomic E-state index is 12.7. The molecule has 0 heterocycles. The molecule has 342 valence electrons. The van der Waals surface area contributed by atoms with Crippen LogP contribution in [0.25, 0.3) is 0 Å². The zero-order chi connectivity index (χ0) is 43.0. The van der Waals surface area contributed by atoms with Gasteiger partial charge in [-0.2, -0.15) is 0 Å². The normalized spacial score (nSPS) is 12.4. The summed E-state index contributed by atoms with van der Waals surface area (Å²) in [5.41, 5.74) is 0. The zero-order valence-electron chi connectivity index (χ0n) is 39.0. The monoisotopic (exact) mass is 827 g/mol. The van der Waals surface area contributed by atoms with Gasteiger partial charge in [0.2, 0.25) is 0 Å². The SMILES string of the molecule is CCCC/C=C\CCCCCCC(=O)OCC(COC(=O)CCCCCCCCCCCC/C=C\C=C/CCCCC)OC(=O)CCCCCCC/C=C\CCCCC. The summed E-state index contributed by atoms with van der Waals surface area (Å²) >= 11 is 0. The number of hydrogen-bond acceptors (Lipinski definition) is 6. The first-order valence-electron chi connectivity index (χ1n) is 25.2. The molecule has 0 amide bonds. The lowest BCUT2D eigenvalue weighted by Crippen LogP contribution is -2.30. The highest BCUT2D eigenvalue weighted by molar-refractivity contribution is 5.71. The van der Waals surface area contributed by atoms with Crippen LogP contribution in [0.4, 0.5) is 0 Å². The molecule has 0 spiro atoms. The molecule has 0 aliphatic heterocycles. The highest BCUT2D eigenvalue weighted by Crippen LogP contribution is 2.14. The second-order valence-electron chi connectivity index (χ2n) is 16.7. The lowest BCUT2D eigenvalue weighted by atomic mass is 10.1. The van der Waals surface area contributed by atoms with E-state index in [2.05, 4.69) is 69.4 Å². The average molecular weight is 827 g/mol. The third-order valence-corrected chi connectivity index (χ3v) is 10.8. The molecule has 1 unspecified atom stereocenters. The van der Waals surface area contributed by atoms with E-state index in [4.69, 9.17) is 14.2 Å². The summed E-state index contributed by atoms with van der Waals surface area (Å²) < 4.78 is 16.7. The van der Waals surface area contributed by atoms with Crippen LogP contribution in [-0.2, 0) is 28.6 Å². The number of esters is 3. The van der Waals surface area contributed by atoms with Crippen LogP contribution in [0.1, 0.15) is 252 Å². The van der Waals surface area contributed by atoms with Crippen molar-refractivity contribution in [2.24, 2.45) is 0 Å². The van der Waals surface area contributed by atoms with E-state index in [0.717, 1.165) is 89.9 Å². The van der Waals surface area contributed by atoms with Crippen LogP contribution in [0.2, 0.25) is 0 Å². The molecule has 6 heteroatoms. The lowest BCUT2D eigenvalue weighted by molar-refractivity contribution is -0.167. The van der Waals surface area contributed by atoms with E-state index in [9.17, 15) is 14.4 Å². The first-order chi connectivity index (χ1) is 29.0. The van der Waals surface area contributed by atoms with Crippen LogP contribution >= 0.6 is 0 Å². The van der Waals surface area contributed by atoms with Crippen LogP contribution in [0, 0.1) is 0 Å². The summed E-state index contributed by atoms with van der Waals surface area (Å²) in [5, 5.41) is 0. The molecule has 0 aliphatic carbocycles. The first-order valence-corrected chi connectivity index (χ1v) is 25.2. The highest BCUT2D eigenvalue weighted by Gasteiger charge is 2.19. The van der Waals surface area contributed by atoms with Crippen molar-refractivity contribution in [1.29, 1.82) is 0 Å². The Bertz CT molecular complexity index is 1040. The number of rotatable bonds is 45. The van der Waals surface area contributed by atoms with Crippen molar-refractivity contribution in [1.82, 2.24) is 0 Å². The summed E-state index contributed by atoms with van der Waals surface area (Å²) in [6.45, 7) is 6.53. The Hall–Kier alpha value is -2.63. The van der Waals surface area contributed by atoms with Crippen molar-refractivity contribution in [2.45, 2.75) is 258 Å². The fraction of sp³-hybridized carbons (Fsp3) is 0.792. The van der Waals surface area contributed by atoms with Crippen molar-refractivity contribution in [3.8, 4) is 0 Å². The topological polar surface area (TPSA) is 78.9 Å². The van der Waals surface area contributed by atoms with Crippen molar-refractivity contribution < 1.29 is 28.6 Å². The van der Waals surface area contributed by atoms with Gasteiger partial charge in [0.05, 0.1) is 0 Å². The van der Waals surface area contributed by atoms with E-state index in [1.165, 1.54) is 122 Å². The Morgan fingerprint density at radius 3 is 1.00 bits per heavy atom. The van der Waals surface area contributed by atoms with Crippen LogP contribution in [0.3, 0.4) is 0 Å². The Balaban J connectivity index is 4.31. The maximum Gasteiger partial charge on any atom is 0.306 e. The van der Waals surface area contributed by atoms with Gasteiger partial charge in [-0.15, -0.1) is 0 Å². The third-order valence-electron chi connectivity index (χ3n) is 10.8. The average Bonchev–Trinajstić information content (AvgIpc) is 3.23. The zero-order valence-corrected chi connectivity index (χ0v) is 39.0. The van der Waals surface area contributed by atoms with Gasteiger partial charge >= 0.3 is 17.9 Å². The molecule has 0 rings (SSSR count). The molecule has 0 radical (unpaired) electrons. The summed E-state index contributed by atoms with van der Waals surface area (Å²) in [4.78, 5) is 37.8. The molecule has 0 bridgehead atoms. The lowest BCUT2D eigenvalue weighted by Gasteiger charge is -2.18. The van der Waals surface area contributed by atoms with Crippen molar-refractivity contribution in [3.05, 3.63) is 48.6 Å². The van der Waals surface area contributed by atoms with Gasteiger partial charge in [-0.25, -0.2) is 0 Å². The summed E-state index contributed by atoms with van der Waals surface area (Å²) in [7, 11) is 0. The maximum absolute atomic E-state index is 12.7. The predicted molar refractivity (Wildman–Crippen MR) is 252 cm³/mol. The smallest absolute Gasteiger partial charge is 0.306 e. The molecular formula is C53H94O6. The van der Waals surface area contributed by atoms with Gasteiger partial charge in [0, 0.05) is 19.3 Å². The van der Waals surface area contributed by atoms with Gasteiger partial charge in [-0.05, 0) is 89.9 Å². The fourth-order valence-corrected chi connectivity index (χ4v) is 6.94. The molecule has 59 heavy (non-hydrogen) atoms. The van der Waals surface area contributed by atoms with Crippen molar-refractivity contribution >= 4 is 17.9 Å². The minimum Gasteiger partial charge on any atom is -0.462 e. The van der Waals surface area contributed by atoms with Gasteiger partial charge in [0.1, 0.15) is 13.2 Å². The Labute approximate surface area is 365 Å². The van der Waals surface area contributed by atoms with Gasteiger partial charge in [-0.1, -0.05) is 191 Å². The van der Waals surface area contributed by atoms with Crippen molar-refractivity contribution in [3.63, 3.8) is 0 Å².